The van der Waals surface area contributed by atoms with Crippen LogP contribution in [-0.4, -0.2) is 11.9 Å². The van der Waals surface area contributed by atoms with Gasteiger partial charge in [-0.3, -0.25) is 4.79 Å². The van der Waals surface area contributed by atoms with Crippen LogP contribution in [0.25, 0.3) is 0 Å². The number of nitrogens with one attached hydrogen (secondary N) is 1. The lowest BCUT2D eigenvalue weighted by Crippen LogP contribution is -2.31. The van der Waals surface area contributed by atoms with Gasteiger partial charge in [-0.2, -0.15) is 5.26 Å². The lowest BCUT2D eigenvalue weighted by Gasteiger charge is -2.10. The summed E-state index contributed by atoms with van der Waals surface area (Å²) < 4.78 is 0. The van der Waals surface area contributed by atoms with Gasteiger partial charge in [-0.15, -0.1) is 0 Å². The van der Waals surface area contributed by atoms with E-state index in [0.717, 1.165) is 12.8 Å². The number of carbonyl (C=O) groups excluding carboxylic acids is 1. The van der Waals surface area contributed by atoms with Crippen molar-refractivity contribution in [2.75, 3.05) is 0 Å². The fraction of sp³-hybridized carbons (Fsp3) is 0.750. The van der Waals surface area contributed by atoms with Gasteiger partial charge < -0.3 is 5.32 Å². The van der Waals surface area contributed by atoms with Gasteiger partial charge in [0, 0.05) is 6.04 Å². The zero-order valence-corrected chi connectivity index (χ0v) is 7.05. The van der Waals surface area contributed by atoms with Gasteiger partial charge in [-0.05, 0) is 13.3 Å². The fourth-order valence-corrected chi connectivity index (χ4v) is 0.903. The molecule has 11 heavy (non-hydrogen) atoms. The zero-order chi connectivity index (χ0) is 8.69. The van der Waals surface area contributed by atoms with Crippen LogP contribution in [0.3, 0.4) is 0 Å². The van der Waals surface area contributed by atoms with Crippen LogP contribution in [0.5, 0.6) is 0 Å². The van der Waals surface area contributed by atoms with E-state index in [1.165, 1.54) is 0 Å². The number of amides is 1. The Morgan fingerprint density at radius 1 is 1.73 bits per heavy atom. The van der Waals surface area contributed by atoms with Crippen molar-refractivity contribution in [3.63, 3.8) is 0 Å². The van der Waals surface area contributed by atoms with E-state index in [0.29, 0.717) is 0 Å². The first-order chi connectivity index (χ1) is 5.20. The Balaban J connectivity index is 3.50. The second-order valence-electron chi connectivity index (χ2n) is 2.59. The Bertz CT molecular complexity index is 160. The van der Waals surface area contributed by atoms with Crippen LogP contribution in [0.15, 0.2) is 0 Å². The Kier molecular flexibility index (Phi) is 5.18. The molecular weight excluding hydrogens is 140 g/mol. The van der Waals surface area contributed by atoms with E-state index in [-0.39, 0.29) is 18.4 Å². The highest BCUT2D eigenvalue weighted by Gasteiger charge is 2.04. The van der Waals surface area contributed by atoms with Gasteiger partial charge in [0.05, 0.1) is 6.07 Å². The summed E-state index contributed by atoms with van der Waals surface area (Å²) in [7, 11) is 0. The molecule has 0 bridgehead atoms. The van der Waals surface area contributed by atoms with Gasteiger partial charge in [0.2, 0.25) is 5.91 Å². The van der Waals surface area contributed by atoms with Gasteiger partial charge in [-0.25, -0.2) is 0 Å². The molecule has 3 heteroatoms. The summed E-state index contributed by atoms with van der Waals surface area (Å²) in [5, 5.41) is 10.9. The summed E-state index contributed by atoms with van der Waals surface area (Å²) >= 11 is 0. The molecule has 3 nitrogen and oxygen atoms in total. The summed E-state index contributed by atoms with van der Waals surface area (Å²) in [6, 6.07) is 2.00. The van der Waals surface area contributed by atoms with Crippen molar-refractivity contribution in [2.45, 2.75) is 39.2 Å². The van der Waals surface area contributed by atoms with E-state index in [9.17, 15) is 4.79 Å². The molecule has 0 saturated carbocycles. The van der Waals surface area contributed by atoms with Crippen LogP contribution in [0.1, 0.15) is 33.1 Å². The van der Waals surface area contributed by atoms with Crippen molar-refractivity contribution >= 4 is 5.91 Å². The molecule has 0 fully saturated rings. The monoisotopic (exact) mass is 154 g/mol. The number of hydrogen-bond donors (Lipinski definition) is 1. The maximum atomic E-state index is 10.8. The van der Waals surface area contributed by atoms with Gasteiger partial charge in [0.1, 0.15) is 6.42 Å². The van der Waals surface area contributed by atoms with Crippen molar-refractivity contribution in [1.82, 2.24) is 5.32 Å². The number of hydrogen-bond acceptors (Lipinski definition) is 2. The predicted molar refractivity (Wildman–Crippen MR) is 42.7 cm³/mol. The van der Waals surface area contributed by atoms with Crippen molar-refractivity contribution in [2.24, 2.45) is 0 Å². The second-order valence-corrected chi connectivity index (χ2v) is 2.59. The molecule has 0 aromatic heterocycles. The van der Waals surface area contributed by atoms with Crippen LogP contribution in [-0.2, 0) is 4.79 Å². The van der Waals surface area contributed by atoms with Crippen molar-refractivity contribution in [3.05, 3.63) is 0 Å². The molecule has 0 saturated heterocycles. The normalized spacial score (nSPS) is 11.7. The number of nitriles is 1. The molecule has 0 aromatic rings. The van der Waals surface area contributed by atoms with Crippen LogP contribution in [0.2, 0.25) is 0 Å². The van der Waals surface area contributed by atoms with Gasteiger partial charge in [-0.1, -0.05) is 13.3 Å². The third-order valence-electron chi connectivity index (χ3n) is 1.37. The Morgan fingerprint density at radius 2 is 2.36 bits per heavy atom. The number of nitrogens with zero attached hydrogens (tertiary/aromatic N) is 1. The molecule has 0 spiro atoms. The summed E-state index contributed by atoms with van der Waals surface area (Å²) in [6.07, 6.45) is 1.99. The molecule has 0 heterocycles. The average molecular weight is 154 g/mol. The van der Waals surface area contributed by atoms with E-state index >= 15 is 0 Å². The van der Waals surface area contributed by atoms with Gasteiger partial charge in [0.25, 0.3) is 0 Å². The molecular formula is C8H14N2O. The number of rotatable bonds is 4. The third-order valence-corrected chi connectivity index (χ3v) is 1.37. The smallest absolute Gasteiger partial charge is 0.234 e. The maximum absolute atomic E-state index is 10.8. The largest absolute Gasteiger partial charge is 0.353 e. The van der Waals surface area contributed by atoms with Crippen molar-refractivity contribution in [3.8, 4) is 6.07 Å². The summed E-state index contributed by atoms with van der Waals surface area (Å²) in [5.74, 6) is -0.173. The van der Waals surface area contributed by atoms with E-state index in [1.54, 1.807) is 6.07 Å². The standard InChI is InChI=1S/C8H14N2O/c1-3-4-7(2)10-8(11)5-6-9/h7H,3-5H2,1-2H3,(H,10,11). The molecule has 0 aliphatic heterocycles. The molecule has 0 aliphatic carbocycles. The zero-order valence-electron chi connectivity index (χ0n) is 7.05. The van der Waals surface area contributed by atoms with Crippen LogP contribution in [0.4, 0.5) is 0 Å². The minimum Gasteiger partial charge on any atom is -0.353 e. The molecule has 0 aliphatic rings. The highest BCUT2D eigenvalue weighted by Crippen LogP contribution is 1.94. The highest BCUT2D eigenvalue weighted by atomic mass is 16.1. The molecule has 0 rings (SSSR count). The van der Waals surface area contributed by atoms with Crippen molar-refractivity contribution < 1.29 is 4.79 Å². The minimum atomic E-state index is -0.173. The number of carbonyl (C=O) groups is 1. The Hall–Kier alpha value is -1.04. The first-order valence-electron chi connectivity index (χ1n) is 3.87. The fourth-order valence-electron chi connectivity index (χ4n) is 0.903. The van der Waals surface area contributed by atoms with Gasteiger partial charge in [0.15, 0.2) is 0 Å². The van der Waals surface area contributed by atoms with Crippen molar-refractivity contribution in [1.29, 1.82) is 5.26 Å². The SMILES string of the molecule is CCCC(C)NC(=O)CC#N. The van der Waals surface area contributed by atoms with Crippen LogP contribution < -0.4 is 5.32 Å². The lowest BCUT2D eigenvalue weighted by atomic mass is 10.2. The maximum Gasteiger partial charge on any atom is 0.234 e. The molecule has 1 unspecified atom stereocenters. The molecule has 0 radical (unpaired) electrons. The highest BCUT2D eigenvalue weighted by molar-refractivity contribution is 5.78. The topological polar surface area (TPSA) is 52.9 Å². The molecule has 1 N–H and O–H groups in total. The first-order valence-corrected chi connectivity index (χ1v) is 3.87. The quantitative estimate of drug-likeness (QED) is 0.661. The van der Waals surface area contributed by atoms with E-state index in [2.05, 4.69) is 12.2 Å². The molecule has 62 valence electrons. The Morgan fingerprint density at radius 3 is 2.82 bits per heavy atom. The Labute approximate surface area is 67.4 Å². The van der Waals surface area contributed by atoms with Crippen LogP contribution in [0, 0.1) is 11.3 Å². The minimum absolute atomic E-state index is 0.0337. The summed E-state index contributed by atoms with van der Waals surface area (Å²) in [6.45, 7) is 4.01. The van der Waals surface area contributed by atoms with Gasteiger partial charge >= 0.3 is 0 Å². The van der Waals surface area contributed by atoms with E-state index in [1.807, 2.05) is 6.92 Å². The third kappa shape index (κ3) is 5.41. The molecule has 0 aromatic carbocycles. The predicted octanol–water partition coefficient (Wildman–Crippen LogP) is 1.20. The van der Waals surface area contributed by atoms with E-state index in [4.69, 9.17) is 5.26 Å². The summed E-state index contributed by atoms with van der Waals surface area (Å²) in [4.78, 5) is 10.8. The van der Waals surface area contributed by atoms with Crippen LogP contribution >= 0.6 is 0 Å². The lowest BCUT2D eigenvalue weighted by molar-refractivity contribution is -0.120. The first kappa shape index (κ1) is 9.96. The average Bonchev–Trinajstić information content (AvgIpc) is 1.87. The summed E-state index contributed by atoms with van der Waals surface area (Å²) in [5.41, 5.74) is 0. The molecule has 1 amide bonds. The second kappa shape index (κ2) is 5.72. The molecule has 1 atom stereocenters. The van der Waals surface area contributed by atoms with E-state index < -0.39 is 0 Å².